The van der Waals surface area contributed by atoms with Gasteiger partial charge in [0.25, 0.3) is 5.91 Å². The number of para-hydroxylation sites is 1. The molecule has 6 heteroatoms. The summed E-state index contributed by atoms with van der Waals surface area (Å²) in [5.41, 5.74) is 6.39. The largest absolute Gasteiger partial charge is 0.496 e. The molecule has 0 bridgehead atoms. The van der Waals surface area contributed by atoms with E-state index in [0.29, 0.717) is 17.9 Å². The van der Waals surface area contributed by atoms with Gasteiger partial charge in [0, 0.05) is 31.1 Å². The Kier molecular flexibility index (Phi) is 7.37. The number of rotatable bonds is 8. The van der Waals surface area contributed by atoms with Crippen LogP contribution in [0.4, 0.5) is 0 Å². The van der Waals surface area contributed by atoms with Crippen molar-refractivity contribution in [2.24, 2.45) is 0 Å². The summed E-state index contributed by atoms with van der Waals surface area (Å²) in [6, 6.07) is 16.0. The Morgan fingerprint density at radius 3 is 2.56 bits per heavy atom. The Balaban J connectivity index is 1.73. The molecule has 1 amide bonds. The van der Waals surface area contributed by atoms with Gasteiger partial charge in [-0.25, -0.2) is 4.68 Å². The maximum Gasteiger partial charge on any atom is 0.258 e. The molecule has 2 aromatic carbocycles. The number of hydrogen-bond acceptors (Lipinski definition) is 4. The van der Waals surface area contributed by atoms with Crippen molar-refractivity contribution in [3.05, 3.63) is 76.6 Å². The lowest BCUT2D eigenvalue weighted by Gasteiger charge is -2.29. The molecule has 0 radical (unpaired) electrons. The van der Waals surface area contributed by atoms with E-state index in [4.69, 9.17) is 9.84 Å². The van der Waals surface area contributed by atoms with Gasteiger partial charge in [0.2, 0.25) is 0 Å². The van der Waals surface area contributed by atoms with Crippen LogP contribution in [0, 0.1) is 6.92 Å². The predicted molar refractivity (Wildman–Crippen MR) is 136 cm³/mol. The predicted octanol–water partition coefficient (Wildman–Crippen LogP) is 5.01. The van der Waals surface area contributed by atoms with Gasteiger partial charge in [-0.05, 0) is 58.0 Å². The standard InChI is InChI=1S/C28H36N4O2/c1-6-16-30-17-15-26-24(18-30)25(29-32(26)22-13-11-21(4)12-14-22)19-31(20(2)3)28(33)23-9-7-8-10-27(23)34-5/h7-14,20H,6,15-19H2,1-5H3. The van der Waals surface area contributed by atoms with Gasteiger partial charge in [-0.15, -0.1) is 0 Å². The first-order valence-electron chi connectivity index (χ1n) is 12.3. The number of fused-ring (bicyclic) bond motifs is 1. The van der Waals surface area contributed by atoms with Crippen LogP contribution in [0.2, 0.25) is 0 Å². The Hall–Kier alpha value is -3.12. The molecular weight excluding hydrogens is 424 g/mol. The van der Waals surface area contributed by atoms with Crippen LogP contribution in [0.5, 0.6) is 5.75 Å². The monoisotopic (exact) mass is 460 g/mol. The molecule has 1 aromatic heterocycles. The third-order valence-electron chi connectivity index (χ3n) is 6.58. The topological polar surface area (TPSA) is 50.6 Å². The zero-order valence-corrected chi connectivity index (χ0v) is 21.0. The molecule has 1 aliphatic heterocycles. The highest BCUT2D eigenvalue weighted by Crippen LogP contribution is 2.28. The Morgan fingerprint density at radius 1 is 1.15 bits per heavy atom. The van der Waals surface area contributed by atoms with Crippen LogP contribution in [0.1, 0.15) is 60.1 Å². The molecule has 0 atom stereocenters. The minimum atomic E-state index is -0.0349. The summed E-state index contributed by atoms with van der Waals surface area (Å²) in [6.07, 6.45) is 2.08. The van der Waals surface area contributed by atoms with Gasteiger partial charge in [0.1, 0.15) is 5.75 Å². The van der Waals surface area contributed by atoms with Gasteiger partial charge >= 0.3 is 0 Å². The zero-order chi connectivity index (χ0) is 24.2. The molecule has 34 heavy (non-hydrogen) atoms. The fraction of sp³-hybridized carbons (Fsp3) is 0.429. The normalized spacial score (nSPS) is 13.7. The number of benzene rings is 2. The number of carbonyl (C=O) groups is 1. The van der Waals surface area contributed by atoms with Crippen molar-refractivity contribution in [1.82, 2.24) is 19.6 Å². The minimum absolute atomic E-state index is 0.0212. The molecule has 2 heterocycles. The van der Waals surface area contributed by atoms with Gasteiger partial charge in [-0.1, -0.05) is 36.8 Å². The SMILES string of the molecule is CCCN1CCc2c(c(CN(C(=O)c3ccccc3OC)C(C)C)nn2-c2ccc(C)cc2)C1. The average molecular weight is 461 g/mol. The van der Waals surface area contributed by atoms with Crippen LogP contribution in [-0.2, 0) is 19.5 Å². The van der Waals surface area contributed by atoms with E-state index in [2.05, 4.69) is 61.5 Å². The molecule has 0 unspecified atom stereocenters. The first-order chi connectivity index (χ1) is 16.4. The Labute approximate surface area is 203 Å². The van der Waals surface area contributed by atoms with Crippen molar-refractivity contribution in [1.29, 1.82) is 0 Å². The molecule has 0 saturated heterocycles. The van der Waals surface area contributed by atoms with E-state index in [1.54, 1.807) is 7.11 Å². The van der Waals surface area contributed by atoms with Crippen LogP contribution >= 0.6 is 0 Å². The molecule has 0 aliphatic carbocycles. The van der Waals surface area contributed by atoms with E-state index in [9.17, 15) is 4.79 Å². The quantitative estimate of drug-likeness (QED) is 0.474. The number of aromatic nitrogens is 2. The van der Waals surface area contributed by atoms with Gasteiger partial charge in [0.15, 0.2) is 0 Å². The van der Waals surface area contributed by atoms with E-state index < -0.39 is 0 Å². The lowest BCUT2D eigenvalue weighted by molar-refractivity contribution is 0.0683. The second-order valence-electron chi connectivity index (χ2n) is 9.37. The van der Waals surface area contributed by atoms with Crippen LogP contribution in [0.3, 0.4) is 0 Å². The van der Waals surface area contributed by atoms with Crippen molar-refractivity contribution in [3.8, 4) is 11.4 Å². The van der Waals surface area contributed by atoms with E-state index in [1.807, 2.05) is 29.2 Å². The highest BCUT2D eigenvalue weighted by atomic mass is 16.5. The van der Waals surface area contributed by atoms with E-state index in [0.717, 1.165) is 43.9 Å². The van der Waals surface area contributed by atoms with Crippen molar-refractivity contribution in [3.63, 3.8) is 0 Å². The molecule has 0 fully saturated rings. The Bertz CT molecular complexity index is 1130. The van der Waals surface area contributed by atoms with Crippen molar-refractivity contribution in [2.75, 3.05) is 20.2 Å². The van der Waals surface area contributed by atoms with E-state index in [1.165, 1.54) is 16.8 Å². The maximum absolute atomic E-state index is 13.6. The Morgan fingerprint density at radius 2 is 1.88 bits per heavy atom. The second kappa shape index (κ2) is 10.4. The van der Waals surface area contributed by atoms with Gasteiger partial charge in [0.05, 0.1) is 36.3 Å². The molecule has 3 aromatic rings. The van der Waals surface area contributed by atoms with Crippen LogP contribution in [-0.4, -0.2) is 51.7 Å². The first-order valence-corrected chi connectivity index (χ1v) is 12.3. The molecular formula is C28H36N4O2. The summed E-state index contributed by atoms with van der Waals surface area (Å²) in [5.74, 6) is 0.562. The van der Waals surface area contributed by atoms with E-state index in [-0.39, 0.29) is 11.9 Å². The molecule has 0 saturated carbocycles. The number of ether oxygens (including phenoxy) is 1. The van der Waals surface area contributed by atoms with Crippen molar-refractivity contribution >= 4 is 5.91 Å². The fourth-order valence-corrected chi connectivity index (χ4v) is 4.70. The molecule has 1 aliphatic rings. The number of hydrogen-bond donors (Lipinski definition) is 0. The fourth-order valence-electron chi connectivity index (χ4n) is 4.70. The summed E-state index contributed by atoms with van der Waals surface area (Å²) in [7, 11) is 1.60. The van der Waals surface area contributed by atoms with Crippen molar-refractivity contribution < 1.29 is 9.53 Å². The van der Waals surface area contributed by atoms with Gasteiger partial charge < -0.3 is 9.64 Å². The molecule has 6 nitrogen and oxygen atoms in total. The molecule has 180 valence electrons. The second-order valence-corrected chi connectivity index (χ2v) is 9.37. The van der Waals surface area contributed by atoms with Crippen LogP contribution < -0.4 is 4.74 Å². The third-order valence-corrected chi connectivity index (χ3v) is 6.58. The van der Waals surface area contributed by atoms with E-state index >= 15 is 0 Å². The number of methoxy groups -OCH3 is 1. The number of amides is 1. The summed E-state index contributed by atoms with van der Waals surface area (Å²) in [5, 5.41) is 5.09. The highest BCUT2D eigenvalue weighted by molar-refractivity contribution is 5.97. The van der Waals surface area contributed by atoms with Gasteiger partial charge in [-0.2, -0.15) is 5.10 Å². The minimum Gasteiger partial charge on any atom is -0.496 e. The number of carbonyl (C=O) groups excluding carboxylic acids is 1. The summed E-state index contributed by atoms with van der Waals surface area (Å²) in [4.78, 5) is 18.0. The zero-order valence-electron chi connectivity index (χ0n) is 21.0. The van der Waals surface area contributed by atoms with Crippen LogP contribution in [0.15, 0.2) is 48.5 Å². The maximum atomic E-state index is 13.6. The number of aryl methyl sites for hydroxylation is 1. The molecule has 0 N–H and O–H groups in total. The first kappa shape index (κ1) is 24.0. The smallest absolute Gasteiger partial charge is 0.258 e. The van der Waals surface area contributed by atoms with Crippen molar-refractivity contribution in [2.45, 2.75) is 59.7 Å². The highest BCUT2D eigenvalue weighted by Gasteiger charge is 2.29. The average Bonchev–Trinajstić information content (AvgIpc) is 3.20. The van der Waals surface area contributed by atoms with Gasteiger partial charge in [-0.3, -0.25) is 9.69 Å². The van der Waals surface area contributed by atoms with Crippen LogP contribution in [0.25, 0.3) is 5.69 Å². The lowest BCUT2D eigenvalue weighted by Crippen LogP contribution is -2.37. The summed E-state index contributed by atoms with van der Waals surface area (Å²) in [6.45, 7) is 11.9. The lowest BCUT2D eigenvalue weighted by atomic mass is 10.0. The summed E-state index contributed by atoms with van der Waals surface area (Å²) >= 11 is 0. The molecule has 4 rings (SSSR count). The third kappa shape index (κ3) is 4.87. The number of nitrogens with zero attached hydrogens (tertiary/aromatic N) is 4. The summed E-state index contributed by atoms with van der Waals surface area (Å²) < 4.78 is 7.57. The molecule has 0 spiro atoms.